The van der Waals surface area contributed by atoms with Crippen LogP contribution in [-0.2, 0) is 4.74 Å². The molecular weight excluding hydrogens is 565 g/mol. The number of nitrogens with zero attached hydrogens (tertiary/aromatic N) is 5. The largest absolute Gasteiger partial charge is 0.477 e. The van der Waals surface area contributed by atoms with Crippen LogP contribution < -0.4 is 15.1 Å². The van der Waals surface area contributed by atoms with E-state index in [4.69, 9.17) is 27.9 Å². The van der Waals surface area contributed by atoms with Crippen molar-refractivity contribution in [2.45, 2.75) is 44.8 Å². The number of aromatic carboxylic acids is 1. The van der Waals surface area contributed by atoms with Crippen LogP contribution in [0.1, 0.15) is 51.5 Å². The topological polar surface area (TPSA) is 137 Å². The summed E-state index contributed by atoms with van der Waals surface area (Å²) in [5.41, 5.74) is 1.53. The Bertz CT molecular complexity index is 1360. The molecule has 5 rings (SSSR count). The molecule has 2 aliphatic heterocycles. The summed E-state index contributed by atoms with van der Waals surface area (Å²) in [6, 6.07) is -0.288. The first-order valence-corrected chi connectivity index (χ1v) is 14.3. The molecule has 0 radical (unpaired) electrons. The van der Waals surface area contributed by atoms with Crippen molar-refractivity contribution in [2.75, 3.05) is 43.1 Å². The number of rotatable bonds is 7. The molecule has 2 saturated heterocycles. The predicted molar refractivity (Wildman–Crippen MR) is 151 cm³/mol. The minimum Gasteiger partial charge on any atom is -0.477 e. The van der Waals surface area contributed by atoms with Gasteiger partial charge in [0.2, 0.25) is 0 Å². The van der Waals surface area contributed by atoms with E-state index < -0.39 is 5.97 Å². The fraction of sp³-hybridized carbons (Fsp3) is 0.480. The minimum absolute atomic E-state index is 0.100. The molecule has 2 fully saturated rings. The quantitative estimate of drug-likeness (QED) is 0.367. The molecule has 3 aromatic heterocycles. The number of aryl methyl sites for hydroxylation is 1. The fourth-order valence-corrected chi connectivity index (χ4v) is 6.32. The Morgan fingerprint density at radius 1 is 1.13 bits per heavy atom. The van der Waals surface area contributed by atoms with Gasteiger partial charge in [0.1, 0.15) is 27.8 Å². The number of thiazole rings is 1. The number of carbonyl (C=O) groups excluding carboxylic acids is 1. The molecule has 0 unspecified atom stereocenters. The Balaban J connectivity index is 1.31. The number of hydrogen-bond acceptors (Lipinski definition) is 9. The van der Waals surface area contributed by atoms with Crippen molar-refractivity contribution in [1.82, 2.24) is 25.3 Å². The van der Waals surface area contributed by atoms with Crippen LogP contribution >= 0.6 is 34.5 Å². The number of carboxylic acid groups (broad SMARTS) is 1. The summed E-state index contributed by atoms with van der Waals surface area (Å²) >= 11 is 13.4. The van der Waals surface area contributed by atoms with Crippen molar-refractivity contribution in [1.29, 1.82) is 0 Å². The Morgan fingerprint density at radius 3 is 2.51 bits per heavy atom. The first-order valence-electron chi connectivity index (χ1n) is 12.7. The number of carboxylic acids is 1. The molecule has 208 valence electrons. The van der Waals surface area contributed by atoms with Crippen molar-refractivity contribution in [3.05, 3.63) is 38.7 Å². The number of carbonyl (C=O) groups is 2. The maximum atomic E-state index is 12.9. The summed E-state index contributed by atoms with van der Waals surface area (Å²) in [5.74, 6) is -0.652. The zero-order valence-corrected chi connectivity index (χ0v) is 23.9. The van der Waals surface area contributed by atoms with Crippen LogP contribution in [0.25, 0.3) is 11.4 Å². The minimum atomic E-state index is -1.07. The highest BCUT2D eigenvalue weighted by Crippen LogP contribution is 2.35. The van der Waals surface area contributed by atoms with Crippen molar-refractivity contribution in [3.63, 3.8) is 0 Å². The molecule has 5 heterocycles. The smallest absolute Gasteiger partial charge is 0.348 e. The van der Waals surface area contributed by atoms with Gasteiger partial charge in [-0.1, -0.05) is 34.5 Å². The van der Waals surface area contributed by atoms with Crippen LogP contribution in [0.15, 0.2) is 12.4 Å². The molecule has 0 saturated carbocycles. The lowest BCUT2D eigenvalue weighted by Gasteiger charge is -2.37. The molecule has 2 aliphatic rings. The standard InChI is InChI=1S/C25H29Cl2N7O4S/c1-13-18(26)19(27)21(30-13)23(35)31-14-6-9-34(12-16(14)38-2)25-32-20(22(39-25)24(36)37)15-10-29-17(11-28-15)33-7-4-3-5-8-33/h10-11,14,16,30H,3-9,12H2,1-2H3,(H,31,35)(H,36,37)/t14-,16+/m1/s1. The van der Waals surface area contributed by atoms with E-state index in [9.17, 15) is 14.7 Å². The number of hydrogen-bond donors (Lipinski definition) is 3. The van der Waals surface area contributed by atoms with E-state index in [1.54, 1.807) is 26.4 Å². The second-order valence-corrected chi connectivity index (χ2v) is 11.4. The Morgan fingerprint density at radius 2 is 1.90 bits per heavy atom. The average molecular weight is 595 g/mol. The Kier molecular flexibility index (Phi) is 8.27. The third-order valence-electron chi connectivity index (χ3n) is 7.10. The number of aromatic nitrogens is 4. The van der Waals surface area contributed by atoms with Crippen LogP contribution in [0.5, 0.6) is 0 Å². The van der Waals surface area contributed by atoms with Crippen LogP contribution in [-0.4, -0.2) is 82.4 Å². The molecule has 0 aromatic carbocycles. The van der Waals surface area contributed by atoms with Crippen LogP contribution in [0.3, 0.4) is 0 Å². The van der Waals surface area contributed by atoms with Gasteiger partial charge >= 0.3 is 5.97 Å². The van der Waals surface area contributed by atoms with Crippen LogP contribution in [0.2, 0.25) is 10.0 Å². The predicted octanol–water partition coefficient (Wildman–Crippen LogP) is 4.26. The SMILES string of the molecule is CO[C@H]1CN(c2nc(-c3cnc(N4CCCCC4)cn3)c(C(=O)O)s2)CC[C@H]1NC(=O)c1[nH]c(C)c(Cl)c1Cl. The van der Waals surface area contributed by atoms with Crippen molar-refractivity contribution in [3.8, 4) is 11.4 Å². The first-order chi connectivity index (χ1) is 18.8. The lowest BCUT2D eigenvalue weighted by Crippen LogP contribution is -2.55. The molecule has 3 aromatic rings. The van der Waals surface area contributed by atoms with Crippen LogP contribution in [0.4, 0.5) is 10.9 Å². The average Bonchev–Trinajstić information content (AvgIpc) is 3.51. The molecule has 0 bridgehead atoms. The number of methoxy groups -OCH3 is 1. The van der Waals surface area contributed by atoms with Gasteiger partial charge in [-0.2, -0.15) is 0 Å². The van der Waals surface area contributed by atoms with Gasteiger partial charge in [0.15, 0.2) is 5.13 Å². The molecule has 0 spiro atoms. The highest BCUT2D eigenvalue weighted by Gasteiger charge is 2.34. The number of amides is 1. The second-order valence-electron chi connectivity index (χ2n) is 9.63. The summed E-state index contributed by atoms with van der Waals surface area (Å²) < 4.78 is 5.70. The summed E-state index contributed by atoms with van der Waals surface area (Å²) in [5, 5.41) is 13.9. The monoisotopic (exact) mass is 593 g/mol. The van der Waals surface area contributed by atoms with Crippen molar-refractivity contribution in [2.24, 2.45) is 0 Å². The van der Waals surface area contributed by atoms with E-state index in [1.807, 2.05) is 4.90 Å². The summed E-state index contributed by atoms with van der Waals surface area (Å²) in [7, 11) is 1.57. The number of halogens is 2. The lowest BCUT2D eigenvalue weighted by molar-refractivity contribution is 0.0540. The van der Waals surface area contributed by atoms with E-state index in [0.29, 0.717) is 46.7 Å². The maximum Gasteiger partial charge on any atom is 0.348 e. The van der Waals surface area contributed by atoms with E-state index in [2.05, 4.69) is 30.2 Å². The summed E-state index contributed by atoms with van der Waals surface area (Å²) in [6.45, 7) is 4.57. The van der Waals surface area contributed by atoms with Crippen LogP contribution in [0, 0.1) is 6.92 Å². The van der Waals surface area contributed by atoms with E-state index in [0.717, 1.165) is 43.1 Å². The molecule has 0 aliphatic carbocycles. The third kappa shape index (κ3) is 5.69. The molecule has 11 nitrogen and oxygen atoms in total. The number of H-pyrrole nitrogens is 1. The van der Waals surface area contributed by atoms with Gasteiger partial charge in [-0.25, -0.2) is 19.7 Å². The Labute approximate surface area is 239 Å². The molecule has 14 heteroatoms. The van der Waals surface area contributed by atoms with E-state index in [1.165, 1.54) is 6.42 Å². The maximum absolute atomic E-state index is 12.9. The van der Waals surface area contributed by atoms with E-state index in [-0.39, 0.29) is 33.6 Å². The van der Waals surface area contributed by atoms with Crippen molar-refractivity contribution < 1.29 is 19.4 Å². The zero-order chi connectivity index (χ0) is 27.7. The van der Waals surface area contributed by atoms with Gasteiger partial charge in [0, 0.05) is 39.0 Å². The third-order valence-corrected chi connectivity index (χ3v) is 9.15. The second kappa shape index (κ2) is 11.7. The number of ether oxygens (including phenoxy) is 1. The number of aromatic amines is 1. The van der Waals surface area contributed by atoms with Gasteiger partial charge in [-0.05, 0) is 32.6 Å². The van der Waals surface area contributed by atoms with Gasteiger partial charge in [-0.15, -0.1) is 0 Å². The highest BCUT2D eigenvalue weighted by molar-refractivity contribution is 7.17. The number of piperidine rings is 2. The van der Waals surface area contributed by atoms with Gasteiger partial charge in [0.05, 0.1) is 34.6 Å². The van der Waals surface area contributed by atoms with E-state index >= 15 is 0 Å². The summed E-state index contributed by atoms with van der Waals surface area (Å²) in [6.07, 6.45) is 6.93. The van der Waals surface area contributed by atoms with Gasteiger partial charge in [-0.3, -0.25) is 4.79 Å². The zero-order valence-electron chi connectivity index (χ0n) is 21.5. The lowest BCUT2D eigenvalue weighted by atomic mass is 10.0. The molecular formula is C25H29Cl2N7O4S. The first kappa shape index (κ1) is 27.6. The molecule has 1 amide bonds. The number of nitrogens with one attached hydrogen (secondary N) is 2. The summed E-state index contributed by atoms with van der Waals surface area (Å²) in [4.78, 5) is 45.9. The number of anilines is 2. The fourth-order valence-electron chi connectivity index (χ4n) is 4.96. The molecule has 2 atom stereocenters. The normalized spacial score (nSPS) is 19.8. The van der Waals surface area contributed by atoms with Crippen molar-refractivity contribution >= 4 is 57.4 Å². The highest BCUT2D eigenvalue weighted by atomic mass is 35.5. The van der Waals surface area contributed by atoms with Gasteiger partial charge < -0.3 is 29.9 Å². The Hall–Kier alpha value is -2.93. The van der Waals surface area contributed by atoms with Gasteiger partial charge in [0.25, 0.3) is 5.91 Å². The molecule has 39 heavy (non-hydrogen) atoms. The molecule has 3 N–H and O–H groups in total.